The van der Waals surface area contributed by atoms with E-state index in [0.717, 1.165) is 35.8 Å². The number of aryl methyl sites for hydroxylation is 1. The molecule has 0 spiro atoms. The number of piperidine rings is 1. The van der Waals surface area contributed by atoms with E-state index < -0.39 is 0 Å². The zero-order chi connectivity index (χ0) is 21.1. The van der Waals surface area contributed by atoms with Gasteiger partial charge >= 0.3 is 0 Å². The van der Waals surface area contributed by atoms with Crippen LogP contribution in [0.1, 0.15) is 50.9 Å². The first-order chi connectivity index (χ1) is 14.5. The van der Waals surface area contributed by atoms with Crippen molar-refractivity contribution >= 4 is 17.2 Å². The molecule has 158 valence electrons. The van der Waals surface area contributed by atoms with Crippen LogP contribution >= 0.6 is 11.3 Å². The summed E-state index contributed by atoms with van der Waals surface area (Å²) in [6.45, 7) is 6.09. The van der Waals surface area contributed by atoms with Gasteiger partial charge in [0.25, 0.3) is 5.56 Å². The Morgan fingerprint density at radius 3 is 2.93 bits per heavy atom. The van der Waals surface area contributed by atoms with Crippen molar-refractivity contribution in [2.24, 2.45) is 0 Å². The monoisotopic (exact) mass is 425 g/mol. The molecule has 3 aromatic heterocycles. The number of carbonyl (C=O) groups is 1. The Morgan fingerprint density at radius 1 is 1.30 bits per heavy atom. The van der Waals surface area contributed by atoms with Gasteiger partial charge in [0.1, 0.15) is 11.5 Å². The molecule has 1 aliphatic heterocycles. The highest BCUT2D eigenvalue weighted by Gasteiger charge is 2.26. The zero-order valence-corrected chi connectivity index (χ0v) is 18.2. The van der Waals surface area contributed by atoms with Gasteiger partial charge in [0.05, 0.1) is 10.9 Å². The average molecular weight is 426 g/mol. The van der Waals surface area contributed by atoms with Crippen molar-refractivity contribution < 1.29 is 4.79 Å². The lowest BCUT2D eigenvalue weighted by atomic mass is 10.1. The molecule has 30 heavy (non-hydrogen) atoms. The summed E-state index contributed by atoms with van der Waals surface area (Å²) in [6.07, 6.45) is 5.87. The van der Waals surface area contributed by atoms with Gasteiger partial charge in [-0.25, -0.2) is 9.67 Å². The van der Waals surface area contributed by atoms with Gasteiger partial charge in [0.2, 0.25) is 5.91 Å². The summed E-state index contributed by atoms with van der Waals surface area (Å²) in [5.74, 6) is 1.44. The van der Waals surface area contributed by atoms with Crippen LogP contribution in [-0.2, 0) is 11.3 Å². The number of amides is 1. The van der Waals surface area contributed by atoms with Crippen LogP contribution in [0.5, 0.6) is 0 Å². The quantitative estimate of drug-likeness (QED) is 0.605. The number of aromatic nitrogens is 4. The zero-order valence-electron chi connectivity index (χ0n) is 17.4. The summed E-state index contributed by atoms with van der Waals surface area (Å²) >= 11 is 1.60. The lowest BCUT2D eigenvalue weighted by Gasteiger charge is -2.33. The van der Waals surface area contributed by atoms with Gasteiger partial charge in [0, 0.05) is 50.4 Å². The maximum Gasteiger partial charge on any atom is 0.267 e. The molecule has 1 fully saturated rings. The summed E-state index contributed by atoms with van der Waals surface area (Å²) < 4.78 is 3.63. The van der Waals surface area contributed by atoms with Crippen molar-refractivity contribution in [3.63, 3.8) is 0 Å². The van der Waals surface area contributed by atoms with Gasteiger partial charge in [-0.1, -0.05) is 19.9 Å². The number of hydrogen-bond acceptors (Lipinski definition) is 5. The number of nitrogens with zero attached hydrogens (tertiary/aromatic N) is 5. The van der Waals surface area contributed by atoms with Crippen molar-refractivity contribution in [2.75, 3.05) is 13.1 Å². The molecule has 8 heteroatoms. The maximum atomic E-state index is 12.9. The van der Waals surface area contributed by atoms with Gasteiger partial charge < -0.3 is 9.47 Å². The van der Waals surface area contributed by atoms with E-state index in [0.29, 0.717) is 25.4 Å². The molecular weight excluding hydrogens is 398 g/mol. The van der Waals surface area contributed by atoms with E-state index in [9.17, 15) is 9.59 Å². The van der Waals surface area contributed by atoms with Crippen molar-refractivity contribution in [1.29, 1.82) is 0 Å². The number of thiophene rings is 1. The topological polar surface area (TPSA) is 73.0 Å². The van der Waals surface area contributed by atoms with Crippen LogP contribution in [-0.4, -0.2) is 43.2 Å². The van der Waals surface area contributed by atoms with Crippen LogP contribution in [0.4, 0.5) is 0 Å². The molecule has 0 aliphatic carbocycles. The van der Waals surface area contributed by atoms with Gasteiger partial charge in [-0.2, -0.15) is 5.10 Å². The van der Waals surface area contributed by atoms with Gasteiger partial charge in [-0.15, -0.1) is 11.3 Å². The molecule has 1 atom stereocenters. The Morgan fingerprint density at radius 2 is 2.17 bits per heavy atom. The smallest absolute Gasteiger partial charge is 0.267 e. The van der Waals surface area contributed by atoms with Crippen LogP contribution in [0.15, 0.2) is 46.8 Å². The van der Waals surface area contributed by atoms with Gasteiger partial charge in [0.15, 0.2) is 0 Å². The number of rotatable bonds is 6. The lowest BCUT2D eigenvalue weighted by molar-refractivity contribution is -0.133. The largest absolute Gasteiger partial charge is 0.340 e. The lowest BCUT2D eigenvalue weighted by Crippen LogP contribution is -2.43. The molecule has 4 heterocycles. The number of hydrogen-bond donors (Lipinski definition) is 0. The molecule has 1 amide bonds. The van der Waals surface area contributed by atoms with Gasteiger partial charge in [-0.3, -0.25) is 9.59 Å². The van der Waals surface area contributed by atoms with E-state index in [-0.39, 0.29) is 17.5 Å². The minimum absolute atomic E-state index is 0.0883. The van der Waals surface area contributed by atoms with Crippen LogP contribution in [0.25, 0.3) is 10.6 Å². The molecule has 0 saturated carbocycles. The Balaban J connectivity index is 1.44. The number of likely N-dealkylation sites (tertiary alicyclic amines) is 1. The fourth-order valence-electron chi connectivity index (χ4n) is 4.01. The first-order valence-corrected chi connectivity index (χ1v) is 11.3. The second kappa shape index (κ2) is 8.95. The van der Waals surface area contributed by atoms with E-state index in [4.69, 9.17) is 0 Å². The summed E-state index contributed by atoms with van der Waals surface area (Å²) in [5, 5.41) is 6.61. The van der Waals surface area contributed by atoms with Crippen LogP contribution in [0, 0.1) is 0 Å². The summed E-state index contributed by atoms with van der Waals surface area (Å²) in [6, 6.07) is 7.24. The van der Waals surface area contributed by atoms with E-state index in [1.54, 1.807) is 34.3 Å². The molecule has 0 bridgehead atoms. The first kappa shape index (κ1) is 20.5. The average Bonchev–Trinajstić information content (AvgIpc) is 3.44. The molecule has 7 nitrogen and oxygen atoms in total. The minimum atomic E-state index is -0.116. The molecule has 3 aromatic rings. The van der Waals surface area contributed by atoms with Crippen LogP contribution < -0.4 is 5.56 Å². The fourth-order valence-corrected chi connectivity index (χ4v) is 4.70. The van der Waals surface area contributed by atoms with E-state index in [1.807, 2.05) is 28.6 Å². The Bertz CT molecular complexity index is 1050. The minimum Gasteiger partial charge on any atom is -0.340 e. The SMILES string of the molecule is CC(C)c1nccn1CCC(=O)N1CCCC(n2nc(-c3cccs3)ccc2=O)C1. The van der Waals surface area contributed by atoms with Crippen LogP contribution in [0.2, 0.25) is 0 Å². The van der Waals surface area contributed by atoms with Crippen molar-refractivity contribution in [1.82, 2.24) is 24.2 Å². The third-order valence-electron chi connectivity index (χ3n) is 5.52. The molecular formula is C22H27N5O2S. The predicted molar refractivity (Wildman–Crippen MR) is 118 cm³/mol. The molecule has 0 N–H and O–H groups in total. The van der Waals surface area contributed by atoms with Crippen molar-refractivity contribution in [3.8, 4) is 10.6 Å². The van der Waals surface area contributed by atoms with E-state index in [1.165, 1.54) is 0 Å². The molecule has 0 aromatic carbocycles. The third-order valence-corrected chi connectivity index (χ3v) is 6.42. The second-order valence-electron chi connectivity index (χ2n) is 8.00. The third kappa shape index (κ3) is 4.38. The van der Waals surface area contributed by atoms with Gasteiger partial charge in [-0.05, 0) is 30.4 Å². The summed E-state index contributed by atoms with van der Waals surface area (Å²) in [5.41, 5.74) is 0.684. The van der Waals surface area contributed by atoms with E-state index in [2.05, 4.69) is 28.5 Å². The highest BCUT2D eigenvalue weighted by atomic mass is 32.1. The molecule has 1 aliphatic rings. The standard InChI is InChI=1S/C22H27N5O2S/c1-16(2)22-23-10-13-25(22)12-9-20(28)26-11-3-5-17(15-26)27-21(29)8-7-18(24-27)19-6-4-14-30-19/h4,6-8,10,13-14,16-17H,3,5,9,11-12,15H2,1-2H3. The Hall–Kier alpha value is -2.74. The van der Waals surface area contributed by atoms with Crippen molar-refractivity contribution in [2.45, 2.75) is 51.6 Å². The first-order valence-electron chi connectivity index (χ1n) is 10.5. The van der Waals surface area contributed by atoms with Crippen molar-refractivity contribution in [3.05, 3.63) is 58.2 Å². The summed E-state index contributed by atoms with van der Waals surface area (Å²) in [4.78, 5) is 32.7. The number of imidazole rings is 1. The Kier molecular flexibility index (Phi) is 6.13. The highest BCUT2D eigenvalue weighted by molar-refractivity contribution is 7.13. The molecule has 1 saturated heterocycles. The van der Waals surface area contributed by atoms with E-state index >= 15 is 0 Å². The Labute approximate surface area is 180 Å². The molecule has 1 unspecified atom stereocenters. The van der Waals surface area contributed by atoms with Crippen LogP contribution in [0.3, 0.4) is 0 Å². The normalized spacial score (nSPS) is 16.9. The molecule has 0 radical (unpaired) electrons. The summed E-state index contributed by atoms with van der Waals surface area (Å²) in [7, 11) is 0. The second-order valence-corrected chi connectivity index (χ2v) is 8.95. The molecule has 4 rings (SSSR count). The number of carbonyl (C=O) groups excluding carboxylic acids is 1. The fraction of sp³-hybridized carbons (Fsp3) is 0.455. The highest BCUT2D eigenvalue weighted by Crippen LogP contribution is 2.24. The maximum absolute atomic E-state index is 12.9. The predicted octanol–water partition coefficient (Wildman–Crippen LogP) is 3.55.